The van der Waals surface area contributed by atoms with Crippen LogP contribution in [0.2, 0.25) is 0 Å². The van der Waals surface area contributed by atoms with Crippen LogP contribution in [0.5, 0.6) is 0 Å². The van der Waals surface area contributed by atoms with Crippen LogP contribution in [-0.2, 0) is 16.0 Å². The fraction of sp³-hybridized carbons (Fsp3) is 0.562. The molecule has 1 unspecified atom stereocenters. The highest BCUT2D eigenvalue weighted by atomic mass is 16.5. The van der Waals surface area contributed by atoms with Crippen molar-refractivity contribution in [3.8, 4) is 0 Å². The summed E-state index contributed by atoms with van der Waals surface area (Å²) in [5, 5.41) is 3.31. The van der Waals surface area contributed by atoms with Crippen LogP contribution >= 0.6 is 0 Å². The summed E-state index contributed by atoms with van der Waals surface area (Å²) in [4.78, 5) is 12.4. The molecule has 1 aromatic carbocycles. The van der Waals surface area contributed by atoms with E-state index in [0.29, 0.717) is 12.2 Å². The number of ketones is 1. The number of piperidine rings is 1. The van der Waals surface area contributed by atoms with Crippen LogP contribution in [0.1, 0.15) is 36.5 Å². The molecule has 0 spiro atoms. The van der Waals surface area contributed by atoms with Gasteiger partial charge in [0.05, 0.1) is 12.7 Å². The lowest BCUT2D eigenvalue weighted by Gasteiger charge is -2.28. The summed E-state index contributed by atoms with van der Waals surface area (Å²) < 4.78 is 5.83. The van der Waals surface area contributed by atoms with E-state index < -0.39 is 0 Å². The molecule has 19 heavy (non-hydrogen) atoms. The lowest BCUT2D eigenvalue weighted by molar-refractivity contribution is -0.127. The molecule has 102 valence electrons. The molecule has 3 rings (SSSR count). The number of fused-ring (bicyclic) bond motifs is 1. The van der Waals surface area contributed by atoms with Crippen molar-refractivity contribution >= 4 is 5.78 Å². The quantitative estimate of drug-likeness (QED) is 0.905. The highest BCUT2D eigenvalue weighted by Gasteiger charge is 2.27. The van der Waals surface area contributed by atoms with Gasteiger partial charge in [-0.25, -0.2) is 0 Å². The molecule has 0 saturated carbocycles. The third-order valence-electron chi connectivity index (χ3n) is 4.27. The van der Waals surface area contributed by atoms with Crippen molar-refractivity contribution < 1.29 is 9.53 Å². The Morgan fingerprint density at radius 1 is 1.26 bits per heavy atom. The van der Waals surface area contributed by atoms with E-state index >= 15 is 0 Å². The molecule has 2 heterocycles. The van der Waals surface area contributed by atoms with E-state index in [1.54, 1.807) is 0 Å². The lowest BCUT2D eigenvalue weighted by Crippen LogP contribution is -2.33. The van der Waals surface area contributed by atoms with E-state index in [1.807, 2.05) is 6.07 Å². The fourth-order valence-electron chi connectivity index (χ4n) is 3.14. The van der Waals surface area contributed by atoms with E-state index in [-0.39, 0.29) is 12.0 Å². The molecule has 0 radical (unpaired) electrons. The van der Waals surface area contributed by atoms with E-state index in [2.05, 4.69) is 23.5 Å². The molecule has 2 aliphatic rings. The van der Waals surface area contributed by atoms with E-state index in [9.17, 15) is 4.79 Å². The van der Waals surface area contributed by atoms with Crippen LogP contribution < -0.4 is 5.32 Å². The van der Waals surface area contributed by atoms with Crippen molar-refractivity contribution in [2.45, 2.75) is 31.8 Å². The molecule has 1 atom stereocenters. The third kappa shape index (κ3) is 2.88. The minimum atomic E-state index is -0.0210. The van der Waals surface area contributed by atoms with Gasteiger partial charge >= 0.3 is 0 Å². The Morgan fingerprint density at radius 3 is 2.89 bits per heavy atom. The molecular formula is C16H21NO2. The maximum atomic E-state index is 12.4. The number of nitrogens with one attached hydrogen (secondary N) is 1. The summed E-state index contributed by atoms with van der Waals surface area (Å²) in [5.74, 6) is 0.613. The largest absolute Gasteiger partial charge is 0.373 e. The maximum absolute atomic E-state index is 12.4. The number of hydrogen-bond acceptors (Lipinski definition) is 3. The van der Waals surface area contributed by atoms with Crippen molar-refractivity contribution in [3.05, 3.63) is 35.4 Å². The van der Waals surface area contributed by atoms with Gasteiger partial charge in [0.1, 0.15) is 5.78 Å². The summed E-state index contributed by atoms with van der Waals surface area (Å²) >= 11 is 0. The van der Waals surface area contributed by atoms with Crippen molar-refractivity contribution in [1.29, 1.82) is 0 Å². The van der Waals surface area contributed by atoms with Gasteiger partial charge < -0.3 is 10.1 Å². The first-order chi connectivity index (χ1) is 9.34. The number of Topliss-reactive ketones (excluding diaryl/α,β-unsaturated/α-hetero) is 1. The molecule has 0 aromatic heterocycles. The highest BCUT2D eigenvalue weighted by molar-refractivity contribution is 5.81. The average molecular weight is 259 g/mol. The Hall–Kier alpha value is -1.19. The Labute approximate surface area is 114 Å². The Morgan fingerprint density at radius 2 is 2.05 bits per heavy atom. The van der Waals surface area contributed by atoms with Crippen LogP contribution in [0.3, 0.4) is 0 Å². The van der Waals surface area contributed by atoms with Crippen LogP contribution in [0.4, 0.5) is 0 Å². The SMILES string of the molecule is O=C(CC1OCCc2ccccc21)C1CCNCC1. The van der Waals surface area contributed by atoms with Gasteiger partial charge in [-0.2, -0.15) is 0 Å². The molecule has 1 aromatic rings. The third-order valence-corrected chi connectivity index (χ3v) is 4.27. The Balaban J connectivity index is 1.68. The Bertz CT molecular complexity index is 452. The molecule has 0 amide bonds. The first kappa shape index (κ1) is 12.8. The van der Waals surface area contributed by atoms with E-state index in [1.165, 1.54) is 11.1 Å². The van der Waals surface area contributed by atoms with E-state index in [4.69, 9.17) is 4.74 Å². The number of carbonyl (C=O) groups is 1. The molecule has 0 aliphatic carbocycles. The minimum Gasteiger partial charge on any atom is -0.373 e. The number of benzene rings is 1. The summed E-state index contributed by atoms with van der Waals surface area (Å²) in [7, 11) is 0. The second-order valence-corrected chi connectivity index (χ2v) is 5.50. The highest BCUT2D eigenvalue weighted by Crippen LogP contribution is 2.31. The van der Waals surface area contributed by atoms with Gasteiger partial charge in [0, 0.05) is 12.3 Å². The molecule has 2 aliphatic heterocycles. The zero-order valence-corrected chi connectivity index (χ0v) is 11.2. The second-order valence-electron chi connectivity index (χ2n) is 5.50. The zero-order chi connectivity index (χ0) is 13.1. The van der Waals surface area contributed by atoms with Crippen molar-refractivity contribution in [3.63, 3.8) is 0 Å². The predicted octanol–water partition coefficient (Wildman–Crippen LogP) is 2.26. The Kier molecular flexibility index (Phi) is 3.95. The first-order valence-electron chi connectivity index (χ1n) is 7.27. The molecule has 3 heteroatoms. The second kappa shape index (κ2) is 5.85. The lowest BCUT2D eigenvalue weighted by atomic mass is 9.87. The van der Waals surface area contributed by atoms with Crippen LogP contribution in [-0.4, -0.2) is 25.5 Å². The van der Waals surface area contributed by atoms with Gasteiger partial charge in [-0.3, -0.25) is 4.79 Å². The van der Waals surface area contributed by atoms with Crippen LogP contribution in [0.25, 0.3) is 0 Å². The van der Waals surface area contributed by atoms with Gasteiger partial charge in [0.25, 0.3) is 0 Å². The number of hydrogen-bond donors (Lipinski definition) is 1. The smallest absolute Gasteiger partial charge is 0.139 e. The van der Waals surface area contributed by atoms with Gasteiger partial charge in [-0.15, -0.1) is 0 Å². The summed E-state index contributed by atoms with van der Waals surface area (Å²) in [6.07, 6.45) is 3.45. The topological polar surface area (TPSA) is 38.3 Å². The standard InChI is InChI=1S/C16H21NO2/c18-15(13-5-8-17-9-6-13)11-16-14-4-2-1-3-12(14)7-10-19-16/h1-4,13,16-17H,5-11H2. The average Bonchev–Trinajstić information content (AvgIpc) is 2.48. The van der Waals surface area contributed by atoms with Gasteiger partial charge in [-0.05, 0) is 43.5 Å². The van der Waals surface area contributed by atoms with Gasteiger partial charge in [-0.1, -0.05) is 24.3 Å². The van der Waals surface area contributed by atoms with Crippen molar-refractivity contribution in [2.24, 2.45) is 5.92 Å². The minimum absolute atomic E-state index is 0.0210. The summed E-state index contributed by atoms with van der Waals surface area (Å²) in [6, 6.07) is 8.36. The van der Waals surface area contributed by atoms with Crippen LogP contribution in [0, 0.1) is 5.92 Å². The predicted molar refractivity (Wildman–Crippen MR) is 74.1 cm³/mol. The van der Waals surface area contributed by atoms with Gasteiger partial charge in [0.15, 0.2) is 0 Å². The molecular weight excluding hydrogens is 238 g/mol. The maximum Gasteiger partial charge on any atom is 0.139 e. The summed E-state index contributed by atoms with van der Waals surface area (Å²) in [5.41, 5.74) is 2.56. The zero-order valence-electron chi connectivity index (χ0n) is 11.2. The fourth-order valence-corrected chi connectivity index (χ4v) is 3.14. The van der Waals surface area contributed by atoms with Crippen molar-refractivity contribution in [1.82, 2.24) is 5.32 Å². The molecule has 1 saturated heterocycles. The van der Waals surface area contributed by atoms with Gasteiger partial charge in [0.2, 0.25) is 0 Å². The molecule has 1 N–H and O–H groups in total. The number of ether oxygens (including phenoxy) is 1. The van der Waals surface area contributed by atoms with Crippen molar-refractivity contribution in [2.75, 3.05) is 19.7 Å². The normalized spacial score (nSPS) is 23.9. The van der Waals surface area contributed by atoms with E-state index in [0.717, 1.165) is 39.0 Å². The number of carbonyl (C=O) groups excluding carboxylic acids is 1. The monoisotopic (exact) mass is 259 g/mol. The molecule has 0 bridgehead atoms. The summed E-state index contributed by atoms with van der Waals surface area (Å²) in [6.45, 7) is 2.68. The number of rotatable bonds is 3. The first-order valence-corrected chi connectivity index (χ1v) is 7.27. The van der Waals surface area contributed by atoms with Crippen LogP contribution in [0.15, 0.2) is 24.3 Å². The molecule has 3 nitrogen and oxygen atoms in total. The molecule has 1 fully saturated rings.